The van der Waals surface area contributed by atoms with Crippen LogP contribution in [0.15, 0.2) is 24.3 Å². The Morgan fingerprint density at radius 1 is 1.38 bits per heavy atom. The van der Waals surface area contributed by atoms with Gasteiger partial charge in [-0.3, -0.25) is 5.32 Å². The van der Waals surface area contributed by atoms with E-state index in [1.165, 1.54) is 0 Å². The second-order valence-corrected chi connectivity index (χ2v) is 5.13. The lowest BCUT2D eigenvalue weighted by Gasteiger charge is -2.37. The van der Waals surface area contributed by atoms with Crippen molar-refractivity contribution in [2.45, 2.75) is 45.6 Å². The number of anilines is 1. The molecule has 4 nitrogen and oxygen atoms in total. The number of nitrogens with one attached hydrogen (secondary N) is 1. The molecular weight excluding hydrogens is 264 g/mol. The van der Waals surface area contributed by atoms with E-state index in [2.05, 4.69) is 11.4 Å². The molecule has 0 unspecified atom stereocenters. The Balaban J connectivity index is 2.59. The van der Waals surface area contributed by atoms with Gasteiger partial charge in [-0.2, -0.15) is 5.26 Å². The summed E-state index contributed by atoms with van der Waals surface area (Å²) in [4.78, 5) is 11.7. The highest BCUT2D eigenvalue weighted by Crippen LogP contribution is 2.42. The summed E-state index contributed by atoms with van der Waals surface area (Å²) < 4.78 is 5.59. The van der Waals surface area contributed by atoms with Crippen molar-refractivity contribution in [1.29, 1.82) is 5.26 Å². The van der Waals surface area contributed by atoms with E-state index in [4.69, 9.17) is 10.00 Å². The zero-order valence-corrected chi connectivity index (χ0v) is 12.7. The number of amides is 1. The number of allylic oxidation sites excluding steroid dienone is 2. The summed E-state index contributed by atoms with van der Waals surface area (Å²) in [6.07, 6.45) is 3.39. The fraction of sp³-hybridized carbons (Fsp3) is 0.412. The summed E-state index contributed by atoms with van der Waals surface area (Å²) in [5.74, 6) is 0. The summed E-state index contributed by atoms with van der Waals surface area (Å²) in [6, 6.07) is 7.96. The number of nitriles is 1. The third kappa shape index (κ3) is 2.64. The van der Waals surface area contributed by atoms with Crippen LogP contribution in [0.3, 0.4) is 0 Å². The Hall–Kier alpha value is -2.28. The van der Waals surface area contributed by atoms with Crippen LogP contribution in [-0.4, -0.2) is 6.09 Å². The van der Waals surface area contributed by atoms with Crippen LogP contribution in [-0.2, 0) is 10.3 Å². The summed E-state index contributed by atoms with van der Waals surface area (Å²) >= 11 is 0. The average molecular weight is 284 g/mol. The van der Waals surface area contributed by atoms with Crippen LogP contribution in [0, 0.1) is 11.3 Å². The van der Waals surface area contributed by atoms with Crippen LogP contribution in [0.25, 0.3) is 5.57 Å². The predicted molar refractivity (Wildman–Crippen MR) is 82.7 cm³/mol. The lowest BCUT2D eigenvalue weighted by Crippen LogP contribution is -2.38. The molecular formula is C17H20N2O2. The second-order valence-electron chi connectivity index (χ2n) is 5.13. The first-order chi connectivity index (χ1) is 10.1. The van der Waals surface area contributed by atoms with E-state index in [-0.39, 0.29) is 0 Å². The number of rotatable bonds is 4. The highest BCUT2D eigenvalue weighted by atomic mass is 16.6. The first-order valence-electron chi connectivity index (χ1n) is 7.33. The number of nitrogens with zero attached hydrogens (tertiary/aromatic N) is 1. The van der Waals surface area contributed by atoms with Crippen molar-refractivity contribution in [2.75, 3.05) is 5.32 Å². The van der Waals surface area contributed by atoms with E-state index in [0.717, 1.165) is 41.6 Å². The molecule has 1 amide bonds. The Kier molecular flexibility index (Phi) is 4.32. The SMILES string of the molecule is CC/C(=C/C#N)c1ccc2c(c1)C(CC)(CC)OC(=O)N2. The van der Waals surface area contributed by atoms with Crippen molar-refractivity contribution in [2.24, 2.45) is 0 Å². The van der Waals surface area contributed by atoms with Crippen molar-refractivity contribution in [3.63, 3.8) is 0 Å². The van der Waals surface area contributed by atoms with Crippen LogP contribution in [0.1, 0.15) is 51.2 Å². The van der Waals surface area contributed by atoms with E-state index in [1.807, 2.05) is 39.0 Å². The Bertz CT molecular complexity index is 622. The van der Waals surface area contributed by atoms with Gasteiger partial charge in [0.05, 0.1) is 11.8 Å². The van der Waals surface area contributed by atoms with Gasteiger partial charge in [-0.15, -0.1) is 0 Å². The van der Waals surface area contributed by atoms with Gasteiger partial charge in [0.25, 0.3) is 0 Å². The topological polar surface area (TPSA) is 62.1 Å². The van der Waals surface area contributed by atoms with Crippen molar-refractivity contribution in [1.82, 2.24) is 0 Å². The molecule has 1 aliphatic heterocycles. The summed E-state index contributed by atoms with van der Waals surface area (Å²) in [6.45, 7) is 6.06. The van der Waals surface area contributed by atoms with Crippen molar-refractivity contribution < 1.29 is 9.53 Å². The van der Waals surface area contributed by atoms with Gasteiger partial charge < -0.3 is 4.74 Å². The van der Waals surface area contributed by atoms with E-state index in [9.17, 15) is 4.79 Å². The number of hydrogen-bond donors (Lipinski definition) is 1. The van der Waals surface area contributed by atoms with Gasteiger partial charge in [0, 0.05) is 11.6 Å². The molecule has 0 fully saturated rings. The maximum atomic E-state index is 11.7. The summed E-state index contributed by atoms with van der Waals surface area (Å²) in [5.41, 5.74) is 3.19. The fourth-order valence-electron chi connectivity index (χ4n) is 2.84. The summed E-state index contributed by atoms with van der Waals surface area (Å²) in [7, 11) is 0. The molecule has 1 aromatic rings. The Morgan fingerprint density at radius 3 is 2.67 bits per heavy atom. The van der Waals surface area contributed by atoms with Gasteiger partial charge in [-0.05, 0) is 42.5 Å². The molecule has 1 heterocycles. The zero-order chi connectivity index (χ0) is 15.5. The molecule has 0 aromatic heterocycles. The van der Waals surface area contributed by atoms with Crippen LogP contribution in [0.4, 0.5) is 10.5 Å². The Labute approximate surface area is 125 Å². The van der Waals surface area contributed by atoms with Crippen LogP contribution in [0.5, 0.6) is 0 Å². The standard InChI is InChI=1S/C17H20N2O2/c1-4-12(9-10-18)13-7-8-15-14(11-13)17(5-2,6-3)21-16(20)19-15/h7-9,11H,4-6H2,1-3H3,(H,19,20)/b12-9-. The third-order valence-electron chi connectivity index (χ3n) is 4.17. The number of carbonyl (C=O) groups is 1. The first-order valence-corrected chi connectivity index (χ1v) is 7.33. The molecule has 1 aliphatic rings. The normalized spacial score (nSPS) is 16.5. The van der Waals surface area contributed by atoms with Gasteiger partial charge in [0.15, 0.2) is 0 Å². The smallest absolute Gasteiger partial charge is 0.412 e. The van der Waals surface area contributed by atoms with E-state index < -0.39 is 11.7 Å². The fourth-order valence-corrected chi connectivity index (χ4v) is 2.84. The molecule has 0 saturated heterocycles. The van der Waals surface area contributed by atoms with Gasteiger partial charge in [-0.1, -0.05) is 26.8 Å². The first kappa shape index (κ1) is 15.1. The molecule has 0 aliphatic carbocycles. The third-order valence-corrected chi connectivity index (χ3v) is 4.17. The minimum atomic E-state index is -0.584. The molecule has 0 atom stereocenters. The molecule has 21 heavy (non-hydrogen) atoms. The van der Waals surface area contributed by atoms with Crippen molar-refractivity contribution >= 4 is 17.4 Å². The molecule has 4 heteroatoms. The number of carbonyl (C=O) groups excluding carboxylic acids is 1. The van der Waals surface area contributed by atoms with Gasteiger partial charge in [0.1, 0.15) is 5.60 Å². The lowest BCUT2D eigenvalue weighted by molar-refractivity contribution is 0.00471. The lowest BCUT2D eigenvalue weighted by atomic mass is 9.84. The highest BCUT2D eigenvalue weighted by molar-refractivity contribution is 5.89. The number of cyclic esters (lactones) is 1. The van der Waals surface area contributed by atoms with Crippen LogP contribution < -0.4 is 5.32 Å². The number of benzene rings is 1. The van der Waals surface area contributed by atoms with Gasteiger partial charge in [0.2, 0.25) is 0 Å². The molecule has 110 valence electrons. The molecule has 0 spiro atoms. The maximum Gasteiger partial charge on any atom is 0.412 e. The quantitative estimate of drug-likeness (QED) is 0.823. The number of ether oxygens (including phenoxy) is 1. The second kappa shape index (κ2) is 6.01. The largest absolute Gasteiger partial charge is 0.438 e. The summed E-state index contributed by atoms with van der Waals surface area (Å²) in [5, 5.41) is 11.6. The molecule has 0 bridgehead atoms. The molecule has 0 radical (unpaired) electrons. The predicted octanol–water partition coefficient (Wildman–Crippen LogP) is 4.58. The van der Waals surface area contributed by atoms with E-state index in [1.54, 1.807) is 6.08 Å². The van der Waals surface area contributed by atoms with Gasteiger partial charge in [-0.25, -0.2) is 4.79 Å². The van der Waals surface area contributed by atoms with Crippen LogP contribution in [0.2, 0.25) is 0 Å². The van der Waals surface area contributed by atoms with Crippen molar-refractivity contribution in [3.8, 4) is 6.07 Å². The Morgan fingerprint density at radius 2 is 2.10 bits per heavy atom. The zero-order valence-electron chi connectivity index (χ0n) is 12.7. The average Bonchev–Trinajstić information content (AvgIpc) is 2.51. The molecule has 2 rings (SSSR count). The minimum absolute atomic E-state index is 0.401. The van der Waals surface area contributed by atoms with E-state index >= 15 is 0 Å². The number of fused-ring (bicyclic) bond motifs is 1. The number of hydrogen-bond acceptors (Lipinski definition) is 3. The van der Waals surface area contributed by atoms with E-state index in [0.29, 0.717) is 0 Å². The maximum absolute atomic E-state index is 11.7. The van der Waals surface area contributed by atoms with Crippen LogP contribution >= 0.6 is 0 Å². The monoisotopic (exact) mass is 284 g/mol. The minimum Gasteiger partial charge on any atom is -0.438 e. The molecule has 1 aromatic carbocycles. The molecule has 0 saturated carbocycles. The van der Waals surface area contributed by atoms with Gasteiger partial charge >= 0.3 is 6.09 Å². The molecule has 1 N–H and O–H groups in total. The highest BCUT2D eigenvalue weighted by Gasteiger charge is 2.39. The van der Waals surface area contributed by atoms with Crippen molar-refractivity contribution in [3.05, 3.63) is 35.4 Å².